The fourth-order valence-corrected chi connectivity index (χ4v) is 5.27. The van der Waals surface area contributed by atoms with E-state index in [-0.39, 0.29) is 41.4 Å². The second kappa shape index (κ2) is 6.81. The molecule has 0 N–H and O–H groups in total. The average molecular weight is 380 g/mol. The molecule has 146 valence electrons. The van der Waals surface area contributed by atoms with Crippen LogP contribution in [0.25, 0.3) is 0 Å². The number of carbonyl (C=O) groups excluding carboxylic acids is 3. The highest BCUT2D eigenvalue weighted by Gasteiger charge is 2.59. The van der Waals surface area contributed by atoms with Gasteiger partial charge in [-0.05, 0) is 30.4 Å². The number of imide groups is 1. The first-order chi connectivity index (χ1) is 13.6. The van der Waals surface area contributed by atoms with Gasteiger partial charge in [-0.1, -0.05) is 12.2 Å². The highest BCUT2D eigenvalue weighted by molar-refractivity contribution is 6.06. The zero-order valence-corrected chi connectivity index (χ0v) is 15.7. The maximum atomic E-state index is 12.8. The molecule has 2 bridgehead atoms. The molecule has 1 aromatic rings. The predicted molar refractivity (Wildman–Crippen MR) is 101 cm³/mol. The molecular weight excluding hydrogens is 356 g/mol. The van der Waals surface area contributed by atoms with Crippen molar-refractivity contribution in [2.24, 2.45) is 23.7 Å². The Morgan fingerprint density at radius 2 is 1.68 bits per heavy atom. The Labute approximate surface area is 164 Å². The van der Waals surface area contributed by atoms with Crippen LogP contribution < -0.4 is 0 Å². The van der Waals surface area contributed by atoms with Gasteiger partial charge in [0.1, 0.15) is 0 Å². The summed E-state index contributed by atoms with van der Waals surface area (Å²) < 4.78 is 0. The topological polar surface area (TPSA) is 73.8 Å². The Morgan fingerprint density at radius 3 is 2.29 bits per heavy atom. The molecule has 7 heteroatoms. The van der Waals surface area contributed by atoms with Gasteiger partial charge in [-0.15, -0.1) is 0 Å². The zero-order chi connectivity index (χ0) is 19.3. The Bertz CT molecular complexity index is 801. The average Bonchev–Trinajstić information content (AvgIpc) is 3.41. The van der Waals surface area contributed by atoms with Gasteiger partial charge in [0.15, 0.2) is 0 Å². The van der Waals surface area contributed by atoms with E-state index in [9.17, 15) is 14.4 Å². The van der Waals surface area contributed by atoms with Crippen molar-refractivity contribution in [2.45, 2.75) is 6.42 Å². The van der Waals surface area contributed by atoms with E-state index in [1.807, 2.05) is 4.90 Å². The highest BCUT2D eigenvalue weighted by atomic mass is 16.2. The van der Waals surface area contributed by atoms with Crippen molar-refractivity contribution in [1.82, 2.24) is 19.7 Å². The van der Waals surface area contributed by atoms with Crippen LogP contribution in [-0.2, 0) is 9.59 Å². The summed E-state index contributed by atoms with van der Waals surface area (Å²) in [6, 6.07) is 3.55. The van der Waals surface area contributed by atoms with E-state index in [1.165, 1.54) is 4.90 Å². The van der Waals surface area contributed by atoms with Crippen molar-refractivity contribution < 1.29 is 14.4 Å². The summed E-state index contributed by atoms with van der Waals surface area (Å²) in [5.41, 5.74) is 0.610. The Hall–Kier alpha value is -2.54. The van der Waals surface area contributed by atoms with Crippen molar-refractivity contribution in [3.05, 3.63) is 42.2 Å². The van der Waals surface area contributed by atoms with Crippen LogP contribution in [0.15, 0.2) is 36.7 Å². The van der Waals surface area contributed by atoms with Crippen molar-refractivity contribution in [2.75, 3.05) is 39.3 Å². The summed E-state index contributed by atoms with van der Waals surface area (Å²) in [6.07, 6.45) is 8.47. The minimum atomic E-state index is -0.114. The van der Waals surface area contributed by atoms with Gasteiger partial charge >= 0.3 is 0 Å². The monoisotopic (exact) mass is 380 g/mol. The van der Waals surface area contributed by atoms with Gasteiger partial charge < -0.3 is 4.90 Å². The van der Waals surface area contributed by atoms with Gasteiger partial charge in [-0.25, -0.2) is 0 Å². The molecule has 3 amide bonds. The molecule has 4 atom stereocenters. The quantitative estimate of drug-likeness (QED) is 0.566. The number of nitrogens with zero attached hydrogens (tertiary/aromatic N) is 4. The lowest BCUT2D eigenvalue weighted by Crippen LogP contribution is -2.50. The number of aromatic nitrogens is 1. The third-order valence-corrected chi connectivity index (χ3v) is 6.77. The lowest BCUT2D eigenvalue weighted by molar-refractivity contribution is -0.141. The number of amides is 3. The van der Waals surface area contributed by atoms with Crippen LogP contribution in [0.5, 0.6) is 0 Å². The number of fused-ring (bicyclic) bond motifs is 5. The summed E-state index contributed by atoms with van der Waals surface area (Å²) in [5, 5.41) is 0. The first-order valence-corrected chi connectivity index (χ1v) is 10.1. The molecule has 0 radical (unpaired) electrons. The molecule has 0 spiro atoms. The van der Waals surface area contributed by atoms with Gasteiger partial charge in [-0.2, -0.15) is 0 Å². The van der Waals surface area contributed by atoms with Crippen LogP contribution in [0.2, 0.25) is 0 Å². The Morgan fingerprint density at radius 1 is 1.00 bits per heavy atom. The summed E-state index contributed by atoms with van der Waals surface area (Å²) in [5.74, 6) is 0.354. The Kier molecular flexibility index (Phi) is 4.27. The van der Waals surface area contributed by atoms with E-state index in [2.05, 4.69) is 22.0 Å². The van der Waals surface area contributed by atoms with E-state index < -0.39 is 0 Å². The summed E-state index contributed by atoms with van der Waals surface area (Å²) in [7, 11) is 0. The Balaban J connectivity index is 1.14. The van der Waals surface area contributed by atoms with Gasteiger partial charge in [-0.3, -0.25) is 29.2 Å². The molecule has 4 aliphatic rings. The second-order valence-electron chi connectivity index (χ2n) is 8.20. The number of carbonyl (C=O) groups is 3. The number of likely N-dealkylation sites (tertiary alicyclic amines) is 1. The van der Waals surface area contributed by atoms with Crippen LogP contribution in [0.1, 0.15) is 16.8 Å². The molecule has 2 saturated heterocycles. The number of pyridine rings is 1. The van der Waals surface area contributed by atoms with E-state index in [0.717, 1.165) is 19.5 Å². The molecule has 2 aliphatic carbocycles. The fourth-order valence-electron chi connectivity index (χ4n) is 5.27. The minimum absolute atomic E-state index is 0.00782. The molecule has 0 aromatic carbocycles. The first-order valence-electron chi connectivity index (χ1n) is 10.1. The van der Waals surface area contributed by atoms with Crippen molar-refractivity contribution in [1.29, 1.82) is 0 Å². The van der Waals surface area contributed by atoms with E-state index in [4.69, 9.17) is 0 Å². The van der Waals surface area contributed by atoms with Gasteiger partial charge in [0, 0.05) is 51.7 Å². The standard InChI is InChI=1S/C21H24N4O3/c26-19(16-2-1-5-22-13-16)24-9-6-23(7-10-24)8-11-25-20(27)17-14-3-4-15(12-14)18(17)21(25)28/h1-5,13-15,17-18H,6-12H2/t14-,15-,17+,18+/m0/s1. The molecule has 1 aromatic heterocycles. The molecule has 3 fully saturated rings. The molecule has 0 unspecified atom stereocenters. The molecule has 5 rings (SSSR count). The molecule has 28 heavy (non-hydrogen) atoms. The third kappa shape index (κ3) is 2.76. The number of hydrogen-bond acceptors (Lipinski definition) is 5. The normalized spacial score (nSPS) is 31.7. The molecule has 1 saturated carbocycles. The van der Waals surface area contributed by atoms with Crippen molar-refractivity contribution in [3.8, 4) is 0 Å². The maximum absolute atomic E-state index is 12.8. The zero-order valence-electron chi connectivity index (χ0n) is 15.7. The molecular formula is C21H24N4O3. The summed E-state index contributed by atoms with van der Waals surface area (Å²) in [6.45, 7) is 3.93. The highest BCUT2D eigenvalue weighted by Crippen LogP contribution is 2.52. The molecule has 3 heterocycles. The van der Waals surface area contributed by atoms with Gasteiger partial charge in [0.05, 0.1) is 17.4 Å². The SMILES string of the molecule is O=C(c1cccnc1)N1CCN(CCN2C(=O)[C@H]3[C@H](C2=O)[C@H]2C=C[C@H]3C2)CC1. The van der Waals surface area contributed by atoms with Crippen LogP contribution in [0.4, 0.5) is 0 Å². The lowest BCUT2D eigenvalue weighted by Gasteiger charge is -2.35. The number of piperazine rings is 1. The maximum Gasteiger partial charge on any atom is 0.255 e. The van der Waals surface area contributed by atoms with Crippen LogP contribution in [-0.4, -0.2) is 76.7 Å². The summed E-state index contributed by atoms with van der Waals surface area (Å²) in [4.78, 5) is 47.6. The smallest absolute Gasteiger partial charge is 0.255 e. The van der Waals surface area contributed by atoms with Crippen molar-refractivity contribution in [3.63, 3.8) is 0 Å². The first kappa shape index (κ1) is 17.6. The van der Waals surface area contributed by atoms with Crippen LogP contribution in [0.3, 0.4) is 0 Å². The summed E-state index contributed by atoms with van der Waals surface area (Å²) >= 11 is 0. The number of rotatable bonds is 4. The third-order valence-electron chi connectivity index (χ3n) is 6.77. The number of allylic oxidation sites excluding steroid dienone is 2. The number of hydrogen-bond donors (Lipinski definition) is 0. The second-order valence-corrected chi connectivity index (χ2v) is 8.20. The van der Waals surface area contributed by atoms with E-state index in [1.54, 1.807) is 24.5 Å². The minimum Gasteiger partial charge on any atom is -0.336 e. The van der Waals surface area contributed by atoms with Gasteiger partial charge in [0.25, 0.3) is 5.91 Å². The van der Waals surface area contributed by atoms with E-state index >= 15 is 0 Å². The van der Waals surface area contributed by atoms with Crippen molar-refractivity contribution >= 4 is 17.7 Å². The predicted octanol–water partition coefficient (Wildman–Crippen LogP) is 0.647. The fraction of sp³-hybridized carbons (Fsp3) is 0.524. The van der Waals surface area contributed by atoms with E-state index in [0.29, 0.717) is 31.7 Å². The van der Waals surface area contributed by atoms with Crippen LogP contribution in [0, 0.1) is 23.7 Å². The largest absolute Gasteiger partial charge is 0.336 e. The van der Waals surface area contributed by atoms with Gasteiger partial charge in [0.2, 0.25) is 11.8 Å². The molecule has 2 aliphatic heterocycles. The van der Waals surface area contributed by atoms with Crippen LogP contribution >= 0.6 is 0 Å². The molecule has 7 nitrogen and oxygen atoms in total. The lowest BCUT2D eigenvalue weighted by atomic mass is 9.85.